The van der Waals surface area contributed by atoms with Gasteiger partial charge in [0.2, 0.25) is 0 Å². The number of fused-ring (bicyclic) bond motifs is 12. The third-order valence-electron chi connectivity index (χ3n) is 24.3. The van der Waals surface area contributed by atoms with E-state index in [9.17, 15) is 0 Å². The van der Waals surface area contributed by atoms with E-state index in [1.54, 1.807) is 0 Å². The maximum absolute atomic E-state index is 8.25. The topological polar surface area (TPSA) is 78.2 Å². The van der Waals surface area contributed by atoms with Crippen LogP contribution in [0.25, 0.3) is 122 Å². The number of nitrogens with zero attached hydrogens (tertiary/aromatic N) is 6. The maximum Gasteiger partial charge on any atom is 0.634 e. The van der Waals surface area contributed by atoms with Crippen LogP contribution in [0.5, 0.6) is 34.5 Å². The van der Waals surface area contributed by atoms with Gasteiger partial charge in [0.25, 0.3) is 0 Å². The smallest absolute Gasteiger partial charge is 0.537 e. The lowest BCUT2D eigenvalue weighted by molar-refractivity contribution is 0.437. The average molecular weight is 1360 g/mol. The lowest BCUT2D eigenvalue weighted by Crippen LogP contribution is -2.66. The summed E-state index contributed by atoms with van der Waals surface area (Å²) in [4.78, 5) is 9.68. The van der Waals surface area contributed by atoms with Crippen LogP contribution in [-0.4, -0.2) is 44.5 Å². The first kappa shape index (κ1) is 55.8. The van der Waals surface area contributed by atoms with E-state index in [2.05, 4.69) is 326 Å². The molecule has 10 aliphatic heterocycles. The Hall–Kier alpha value is -13.8. The van der Waals surface area contributed by atoms with Crippen LogP contribution in [0.2, 0.25) is 0 Å². The van der Waals surface area contributed by atoms with Crippen molar-refractivity contribution in [3.63, 3.8) is 0 Å². The second kappa shape index (κ2) is 19.7. The Morgan fingerprint density at radius 3 is 0.841 bits per heavy atom. The lowest BCUT2D eigenvalue weighted by Gasteiger charge is -2.52. The molecule has 0 saturated carbocycles. The summed E-state index contributed by atoms with van der Waals surface area (Å²) in [6, 6.07) is 107. The molecule has 12 heterocycles. The van der Waals surface area contributed by atoms with Crippen molar-refractivity contribution in [1.29, 1.82) is 0 Å². The number of para-hydroxylation sites is 10. The Kier molecular flexibility index (Phi) is 10.3. The Morgan fingerprint density at radius 1 is 0.206 bits per heavy atom. The zero-order valence-electron chi connectivity index (χ0n) is 56.8. The molecule has 10 aliphatic rings. The van der Waals surface area contributed by atoms with Gasteiger partial charge in [-0.2, -0.15) is 0 Å². The van der Waals surface area contributed by atoms with Crippen molar-refractivity contribution in [2.45, 2.75) is 0 Å². The summed E-state index contributed by atoms with van der Waals surface area (Å²) in [5.74, 6) is 4.34. The van der Waals surface area contributed by atoms with Crippen molar-refractivity contribution in [3.8, 4) is 113 Å². The monoisotopic (exact) mass is 1360 g/mol. The molecular formula is C90H49B5N6O6. The van der Waals surface area contributed by atoms with Crippen LogP contribution < -0.4 is 74.5 Å². The van der Waals surface area contributed by atoms with Crippen LogP contribution in [0.3, 0.4) is 0 Å². The van der Waals surface area contributed by atoms with Gasteiger partial charge in [0.1, 0.15) is 34.5 Å². The number of rotatable bonds is 6. The normalized spacial score (nSPS) is 14.8. The molecule has 0 atom stereocenters. The third-order valence-corrected chi connectivity index (χ3v) is 24.3. The molecular weight excluding hydrogens is 1320 g/mol. The molecule has 17 aromatic rings. The molecule has 0 N–H and O–H groups in total. The Bertz CT molecular complexity index is 6480. The molecule has 0 aliphatic carbocycles. The Morgan fingerprint density at radius 2 is 0.495 bits per heavy atom. The van der Waals surface area contributed by atoms with Crippen molar-refractivity contribution >= 4 is 152 Å². The summed E-state index contributed by atoms with van der Waals surface area (Å²) in [6.45, 7) is 0. The van der Waals surface area contributed by atoms with E-state index in [4.69, 9.17) is 27.9 Å². The molecule has 490 valence electrons. The van der Waals surface area contributed by atoms with Gasteiger partial charge in [0.15, 0.2) is 0 Å². The van der Waals surface area contributed by atoms with E-state index in [-0.39, 0.29) is 0 Å². The van der Waals surface area contributed by atoms with Crippen LogP contribution in [-0.2, 0) is 0 Å². The van der Waals surface area contributed by atoms with E-state index < -0.39 is 35.3 Å². The minimum absolute atomic E-state index is 0.674. The highest BCUT2D eigenvalue weighted by Gasteiger charge is 2.63. The average Bonchev–Trinajstić information content (AvgIpc) is 0.962. The van der Waals surface area contributed by atoms with E-state index in [1.165, 1.54) is 21.5 Å². The number of hydrogen-bond donors (Lipinski definition) is 0. The fourth-order valence-corrected chi connectivity index (χ4v) is 20.4. The molecule has 0 unspecified atom stereocenters. The molecule has 0 bridgehead atoms. The molecule has 12 nitrogen and oxygen atoms in total. The molecule has 0 spiro atoms. The summed E-state index contributed by atoms with van der Waals surface area (Å²) in [7, 11) is -3.82. The van der Waals surface area contributed by atoms with Crippen LogP contribution in [0.15, 0.2) is 297 Å². The molecule has 107 heavy (non-hydrogen) atoms. The highest BCUT2D eigenvalue weighted by atomic mass is 16.6. The first-order chi connectivity index (χ1) is 53.1. The van der Waals surface area contributed by atoms with Crippen LogP contribution >= 0.6 is 0 Å². The molecule has 15 aromatic carbocycles. The highest BCUT2D eigenvalue weighted by Crippen LogP contribution is 2.64. The minimum Gasteiger partial charge on any atom is -0.537 e. The third kappa shape index (κ3) is 6.80. The van der Waals surface area contributed by atoms with Crippen molar-refractivity contribution in [1.82, 2.24) is 9.13 Å². The molecule has 0 fully saturated rings. The lowest BCUT2D eigenvalue weighted by atomic mass is 9.47. The second-order valence-corrected chi connectivity index (χ2v) is 29.3. The SMILES string of the molecule is c1ccc(N2B3Oc4cc(-n5c6ccccc6c6ccccc65)cc5c4-c4c3c(c3c6c4B(O5)N(c4ccccc4)c4cc5c7c(c4-6)B(O3)Oc3c4c6c8c(c3-7)B(Oc3cc(-n7c9ccccc9c9ccccc97)cc(c3-8)OB6N(c3ccccc3)c3ccccc3-4)N5c3ccccc3)-c3ccccc32)cc1. The first-order valence-corrected chi connectivity index (χ1v) is 36.7. The van der Waals surface area contributed by atoms with Gasteiger partial charge in [0, 0.05) is 163 Å². The second-order valence-electron chi connectivity index (χ2n) is 29.3. The fourth-order valence-electron chi connectivity index (χ4n) is 20.4. The molecule has 0 radical (unpaired) electrons. The zero-order valence-corrected chi connectivity index (χ0v) is 56.8. The van der Waals surface area contributed by atoms with Crippen molar-refractivity contribution < 1.29 is 27.9 Å². The number of aromatic nitrogens is 2. The van der Waals surface area contributed by atoms with Gasteiger partial charge in [-0.1, -0.05) is 182 Å². The first-order valence-electron chi connectivity index (χ1n) is 36.7. The van der Waals surface area contributed by atoms with E-state index in [0.717, 1.165) is 208 Å². The minimum atomic E-state index is -0.989. The largest absolute Gasteiger partial charge is 0.634 e. The van der Waals surface area contributed by atoms with Gasteiger partial charge in [-0.05, 0) is 102 Å². The summed E-state index contributed by atoms with van der Waals surface area (Å²) in [5, 5.41) is 4.67. The highest BCUT2D eigenvalue weighted by molar-refractivity contribution is 6.87. The Balaban J connectivity index is 0.792. The van der Waals surface area contributed by atoms with Gasteiger partial charge in [-0.15, -0.1) is 0 Å². The van der Waals surface area contributed by atoms with Gasteiger partial charge < -0.3 is 56.3 Å². The molecule has 27 rings (SSSR count). The quantitative estimate of drug-likeness (QED) is 0.150. The van der Waals surface area contributed by atoms with E-state index >= 15 is 0 Å². The number of benzene rings is 15. The van der Waals surface area contributed by atoms with Crippen LogP contribution in [0, 0.1) is 0 Å². The summed E-state index contributed by atoms with van der Waals surface area (Å²) in [5.41, 5.74) is 31.0. The summed E-state index contributed by atoms with van der Waals surface area (Å²) in [6.07, 6.45) is 0. The molecule has 2 aromatic heterocycles. The van der Waals surface area contributed by atoms with Crippen LogP contribution in [0.1, 0.15) is 0 Å². The summed E-state index contributed by atoms with van der Waals surface area (Å²) >= 11 is 0. The fraction of sp³-hybridized carbons (Fsp3) is 0. The van der Waals surface area contributed by atoms with Gasteiger partial charge in [0.05, 0.1) is 44.6 Å². The molecule has 17 heteroatoms. The number of hydrogen-bond acceptors (Lipinski definition) is 10. The number of anilines is 8. The van der Waals surface area contributed by atoms with Gasteiger partial charge in [-0.25, -0.2) is 0 Å². The van der Waals surface area contributed by atoms with E-state index in [0.29, 0.717) is 0 Å². The summed E-state index contributed by atoms with van der Waals surface area (Å²) < 4.78 is 53.3. The zero-order chi connectivity index (χ0) is 68.9. The van der Waals surface area contributed by atoms with Crippen molar-refractivity contribution in [3.05, 3.63) is 297 Å². The maximum atomic E-state index is 8.25. The molecule has 0 saturated heterocycles. The van der Waals surface area contributed by atoms with E-state index in [1.807, 2.05) is 0 Å². The Labute approximate surface area is 614 Å². The van der Waals surface area contributed by atoms with Crippen LogP contribution in [0.4, 0.5) is 45.5 Å². The predicted octanol–water partition coefficient (Wildman–Crippen LogP) is 17.3. The predicted molar refractivity (Wildman–Crippen MR) is 433 cm³/mol. The van der Waals surface area contributed by atoms with Crippen molar-refractivity contribution in [2.75, 3.05) is 19.2 Å². The standard InChI is InChI=1S/C90H49B5N6O6/c1-5-25-50(26-6-1)98-66-43-23-17-37-60(66)74-84-80-78-70(102-91(84)98)45-54(96-62-39-19-13-33-56(62)57-34-14-20-40-63(57)96)47-72(78)104-93-86(80)82-76-68(100(93)52-29-9-3-10-30-52)49-69-77-83-87-81-79-71(103-92-85(81)75(90(83)107-95(88(76)77)106-89(74)82)61-38-18-24-44-67(61)99(92)51-27-7-2-8-28-51)46-55(48-73(79)105-94(87)101(69)53-31-11-4-12-32-53)97-64-41-21-15-35-58(64)59-36-16-22-42-65(59)97/h1-49H. The van der Waals surface area contributed by atoms with Gasteiger partial charge in [-0.3, -0.25) is 0 Å². The van der Waals surface area contributed by atoms with Crippen molar-refractivity contribution in [2.24, 2.45) is 0 Å². The molecule has 0 amide bonds. The van der Waals surface area contributed by atoms with Gasteiger partial charge >= 0.3 is 35.3 Å².